The van der Waals surface area contributed by atoms with E-state index < -0.39 is 27.5 Å². The van der Waals surface area contributed by atoms with E-state index in [0.717, 1.165) is 18.3 Å². The quantitative estimate of drug-likeness (QED) is 0.537. The minimum Gasteiger partial charge on any atom is -0.462 e. The number of amides is 1. The van der Waals surface area contributed by atoms with Gasteiger partial charge in [-0.15, -0.1) is 11.3 Å². The molecule has 12 heteroatoms. The monoisotopic (exact) mass is 464 g/mol. The molecular weight excluding hydrogens is 444 g/mol. The van der Waals surface area contributed by atoms with Crippen molar-refractivity contribution in [2.75, 3.05) is 11.9 Å². The van der Waals surface area contributed by atoms with Crippen LogP contribution in [0.4, 0.5) is 5.69 Å². The first-order valence-electron chi connectivity index (χ1n) is 9.05. The van der Waals surface area contributed by atoms with Crippen LogP contribution < -0.4 is 24.8 Å². The van der Waals surface area contributed by atoms with Gasteiger partial charge in [-0.05, 0) is 38.1 Å². The molecule has 0 saturated heterocycles. The van der Waals surface area contributed by atoms with Gasteiger partial charge in [0.1, 0.15) is 15.3 Å². The lowest BCUT2D eigenvalue weighted by Gasteiger charge is -2.05. The molecule has 0 aliphatic carbocycles. The number of carbonyl (C=O) groups excluding carboxylic acids is 2. The van der Waals surface area contributed by atoms with Gasteiger partial charge in [-0.2, -0.15) is 5.26 Å². The third-order valence-electron chi connectivity index (χ3n) is 3.84. The van der Waals surface area contributed by atoms with Gasteiger partial charge in [-0.3, -0.25) is 14.2 Å². The molecule has 0 radical (unpaired) electrons. The summed E-state index contributed by atoms with van der Waals surface area (Å²) in [5.41, 5.74) is -0.163. The molecule has 1 aromatic carbocycles. The Hall–Kier alpha value is -3.43. The number of anilines is 1. The lowest BCUT2D eigenvalue weighted by Crippen LogP contribution is -2.32. The van der Waals surface area contributed by atoms with E-state index >= 15 is 0 Å². The summed E-state index contributed by atoms with van der Waals surface area (Å²) < 4.78 is 32.4. The molecule has 31 heavy (non-hydrogen) atoms. The van der Waals surface area contributed by atoms with Gasteiger partial charge in [-0.1, -0.05) is 0 Å². The number of rotatable bonds is 7. The molecule has 2 N–H and O–H groups in total. The Morgan fingerprint density at radius 3 is 2.42 bits per heavy atom. The van der Waals surface area contributed by atoms with Crippen molar-refractivity contribution in [2.45, 2.75) is 32.2 Å². The molecule has 0 bridgehead atoms. The summed E-state index contributed by atoms with van der Waals surface area (Å²) in [4.78, 5) is 35.6. The van der Waals surface area contributed by atoms with Gasteiger partial charge in [0.05, 0.1) is 11.5 Å². The number of ether oxygens (including phenoxy) is 1. The molecule has 2 rings (SSSR count). The van der Waals surface area contributed by atoms with Crippen molar-refractivity contribution in [3.05, 3.63) is 43.8 Å². The molecule has 0 unspecified atom stereocenters. The maximum atomic E-state index is 12.6. The minimum atomic E-state index is -3.95. The van der Waals surface area contributed by atoms with Crippen LogP contribution in [-0.2, 0) is 30.9 Å². The molecule has 1 heterocycles. The van der Waals surface area contributed by atoms with Gasteiger partial charge >= 0.3 is 5.97 Å². The zero-order valence-corrected chi connectivity index (χ0v) is 18.6. The lowest BCUT2D eigenvalue weighted by atomic mass is 10.3. The summed E-state index contributed by atoms with van der Waals surface area (Å²) in [6, 6.07) is 7.32. The van der Waals surface area contributed by atoms with E-state index in [4.69, 9.17) is 4.74 Å². The van der Waals surface area contributed by atoms with E-state index in [-0.39, 0.29) is 32.8 Å². The first-order valence-corrected chi connectivity index (χ1v) is 11.4. The second-order valence-electron chi connectivity index (χ2n) is 6.00. The number of thiazole rings is 1. The number of carbonyl (C=O) groups is 2. The molecule has 164 valence electrons. The van der Waals surface area contributed by atoms with Gasteiger partial charge < -0.3 is 10.1 Å². The van der Waals surface area contributed by atoms with Crippen LogP contribution in [0.15, 0.2) is 34.0 Å². The maximum absolute atomic E-state index is 12.6. The molecule has 0 fully saturated rings. The Bertz CT molecular complexity index is 1320. The van der Waals surface area contributed by atoms with Gasteiger partial charge in [0.25, 0.3) is 15.6 Å². The summed E-state index contributed by atoms with van der Waals surface area (Å²) in [6.07, 6.45) is 1.40. The van der Waals surface area contributed by atoms with Crippen LogP contribution >= 0.6 is 11.3 Å². The first-order chi connectivity index (χ1) is 14.6. The summed E-state index contributed by atoms with van der Waals surface area (Å²) in [5.74, 6) is -1.50. The van der Waals surface area contributed by atoms with E-state index in [0.29, 0.717) is 5.69 Å². The largest absolute Gasteiger partial charge is 0.462 e. The van der Waals surface area contributed by atoms with Crippen molar-refractivity contribution < 1.29 is 22.7 Å². The van der Waals surface area contributed by atoms with E-state index in [2.05, 4.69) is 5.32 Å². The van der Waals surface area contributed by atoms with Crippen molar-refractivity contribution in [1.29, 1.82) is 5.26 Å². The molecule has 0 saturated carbocycles. The number of nitriles is 1. The van der Waals surface area contributed by atoms with Crippen molar-refractivity contribution >= 4 is 50.7 Å². The van der Waals surface area contributed by atoms with Crippen LogP contribution in [0.5, 0.6) is 0 Å². The van der Waals surface area contributed by atoms with E-state index in [1.165, 1.54) is 35.0 Å². The molecule has 0 atom stereocenters. The number of nitrogens with one attached hydrogen (secondary N) is 2. The number of hydrogen-bond donors (Lipinski definition) is 2. The second-order valence-corrected chi connectivity index (χ2v) is 8.72. The summed E-state index contributed by atoms with van der Waals surface area (Å²) >= 11 is 0.960. The lowest BCUT2D eigenvalue weighted by molar-refractivity contribution is -0.136. The average Bonchev–Trinajstić information content (AvgIpc) is 3.01. The highest BCUT2D eigenvalue weighted by Gasteiger charge is 2.17. The average molecular weight is 465 g/mol. The molecule has 1 aromatic heterocycles. The number of sulfonamides is 1. The molecule has 0 aliphatic heterocycles. The Morgan fingerprint density at radius 1 is 1.26 bits per heavy atom. The Morgan fingerprint density at radius 2 is 1.90 bits per heavy atom. The molecule has 0 spiro atoms. The molecule has 10 nitrogen and oxygen atoms in total. The predicted octanol–water partition coefficient (Wildman–Crippen LogP) is -0.158. The van der Waals surface area contributed by atoms with E-state index in [1.807, 2.05) is 4.72 Å². The van der Waals surface area contributed by atoms with Gasteiger partial charge in [0.2, 0.25) is 5.91 Å². The molecule has 0 aliphatic rings. The zero-order chi connectivity index (χ0) is 23.2. The van der Waals surface area contributed by atoms with Gasteiger partial charge in [-0.25, -0.2) is 17.9 Å². The van der Waals surface area contributed by atoms with Crippen molar-refractivity contribution in [1.82, 2.24) is 9.29 Å². The minimum absolute atomic E-state index is 0.0947. The topological polar surface area (TPSA) is 147 Å². The smallest absolute Gasteiger partial charge is 0.351 e. The predicted molar refractivity (Wildman–Crippen MR) is 115 cm³/mol. The molecule has 2 aromatic rings. The summed E-state index contributed by atoms with van der Waals surface area (Å²) in [5, 5.41) is 12.2. The fourth-order valence-electron chi connectivity index (χ4n) is 2.50. The van der Waals surface area contributed by atoms with Crippen LogP contribution in [0.2, 0.25) is 0 Å². The van der Waals surface area contributed by atoms with E-state index in [9.17, 15) is 28.1 Å². The maximum Gasteiger partial charge on any atom is 0.351 e. The first kappa shape index (κ1) is 23.8. The standard InChI is InChI=1S/C19H20N4O6S2/c1-4-23-17(25)16(30-18(23)15(10-20)19(26)29-5-2)11-21-13-6-8-14(9-7-13)31(27,28)22-12(3)24/h6-9,11,21H,4-5H2,1-3H3,(H,22,24). The Kier molecular flexibility index (Phi) is 7.73. The number of esters is 1. The molecule has 1 amide bonds. The Balaban J connectivity index is 2.43. The van der Waals surface area contributed by atoms with Gasteiger partial charge in [0.15, 0.2) is 5.57 Å². The number of hydrogen-bond acceptors (Lipinski definition) is 9. The van der Waals surface area contributed by atoms with Crippen molar-refractivity contribution in [3.63, 3.8) is 0 Å². The highest BCUT2D eigenvalue weighted by molar-refractivity contribution is 7.90. The van der Waals surface area contributed by atoms with Crippen molar-refractivity contribution in [2.24, 2.45) is 0 Å². The SMILES string of the molecule is CCOC(=O)C(C#N)=c1sc(=CNc2ccc(S(=O)(=O)NC(C)=O)cc2)c(=O)n1CC. The van der Waals surface area contributed by atoms with Crippen LogP contribution in [0.25, 0.3) is 11.8 Å². The normalized spacial score (nSPS) is 12.6. The van der Waals surface area contributed by atoms with Crippen LogP contribution in [0.3, 0.4) is 0 Å². The fraction of sp³-hybridized carbons (Fsp3) is 0.263. The number of nitrogens with zero attached hydrogens (tertiary/aromatic N) is 2. The van der Waals surface area contributed by atoms with Crippen LogP contribution in [-0.4, -0.2) is 31.5 Å². The zero-order valence-electron chi connectivity index (χ0n) is 17.0. The summed E-state index contributed by atoms with van der Waals surface area (Å²) in [6.45, 7) is 4.77. The third-order valence-corrected chi connectivity index (χ3v) is 6.42. The number of benzene rings is 1. The van der Waals surface area contributed by atoms with Gasteiger partial charge in [0, 0.05) is 25.4 Å². The van der Waals surface area contributed by atoms with E-state index in [1.54, 1.807) is 19.9 Å². The number of aromatic nitrogens is 1. The fourth-order valence-corrected chi connectivity index (χ4v) is 4.57. The van der Waals surface area contributed by atoms with Crippen molar-refractivity contribution in [3.8, 4) is 6.07 Å². The highest BCUT2D eigenvalue weighted by Crippen LogP contribution is 2.13. The summed E-state index contributed by atoms with van der Waals surface area (Å²) in [7, 11) is -3.95. The van der Waals surface area contributed by atoms with Crippen LogP contribution in [0.1, 0.15) is 20.8 Å². The Labute approximate surface area is 182 Å². The highest BCUT2D eigenvalue weighted by atomic mass is 32.2. The molecular formula is C19H20N4O6S2. The second kappa shape index (κ2) is 10.1. The third kappa shape index (κ3) is 5.59. The van der Waals surface area contributed by atoms with Crippen LogP contribution in [0, 0.1) is 11.3 Å².